The van der Waals surface area contributed by atoms with E-state index >= 15 is 0 Å². The Bertz CT molecular complexity index is 400. The number of halogens is 5. The van der Waals surface area contributed by atoms with E-state index in [2.05, 4.69) is 4.74 Å². The minimum absolute atomic E-state index is 0. The molecule has 104 valence electrons. The third-order valence-electron chi connectivity index (χ3n) is 2.24. The molecule has 0 aromatic heterocycles. The van der Waals surface area contributed by atoms with E-state index in [1.54, 1.807) is 0 Å². The Morgan fingerprint density at radius 2 is 1.89 bits per heavy atom. The summed E-state index contributed by atoms with van der Waals surface area (Å²) in [6.45, 7) is 0. The third kappa shape index (κ3) is 3.72. The van der Waals surface area contributed by atoms with E-state index < -0.39 is 24.1 Å². The van der Waals surface area contributed by atoms with Gasteiger partial charge in [0.1, 0.15) is 0 Å². The van der Waals surface area contributed by atoms with Gasteiger partial charge in [-0.1, -0.05) is 6.07 Å². The van der Waals surface area contributed by atoms with Crippen LogP contribution in [0.1, 0.15) is 11.6 Å². The number of nitrogens with two attached hydrogens (primary N) is 1. The van der Waals surface area contributed by atoms with Crippen LogP contribution in [-0.4, -0.2) is 24.5 Å². The van der Waals surface area contributed by atoms with Crippen LogP contribution in [-0.2, 0) is 0 Å². The highest BCUT2D eigenvalue weighted by molar-refractivity contribution is 5.85. The van der Waals surface area contributed by atoms with E-state index in [-0.39, 0.29) is 23.7 Å². The molecule has 0 aliphatic carbocycles. The van der Waals surface area contributed by atoms with Gasteiger partial charge in [0.2, 0.25) is 0 Å². The summed E-state index contributed by atoms with van der Waals surface area (Å²) in [6, 6.07) is 1.38. The number of benzene rings is 1. The van der Waals surface area contributed by atoms with Crippen molar-refractivity contribution in [3.8, 4) is 5.75 Å². The summed E-state index contributed by atoms with van der Waals surface area (Å²) >= 11 is 0. The Labute approximate surface area is 107 Å². The van der Waals surface area contributed by atoms with E-state index in [0.29, 0.717) is 0 Å². The molecule has 1 rings (SSSR count). The van der Waals surface area contributed by atoms with Crippen molar-refractivity contribution in [1.82, 2.24) is 0 Å². The number of ether oxygens (including phenoxy) is 1. The highest BCUT2D eigenvalue weighted by atomic mass is 35.5. The average Bonchev–Trinajstić information content (AvgIpc) is 2.25. The molecule has 18 heavy (non-hydrogen) atoms. The van der Waals surface area contributed by atoms with Crippen LogP contribution in [0.25, 0.3) is 0 Å². The van der Waals surface area contributed by atoms with Crippen LogP contribution >= 0.6 is 12.4 Å². The maximum Gasteiger partial charge on any atom is 0.416 e. The normalized spacial score (nSPS) is 14.6. The maximum atomic E-state index is 13.2. The SMILES string of the molecule is COc1ccc([C@@H](N)[C@@H](O)C(F)(F)F)cc1F.Cl. The Hall–Kier alpha value is -1.05. The smallest absolute Gasteiger partial charge is 0.416 e. The van der Waals surface area contributed by atoms with Gasteiger partial charge in [-0.2, -0.15) is 13.2 Å². The predicted molar refractivity (Wildman–Crippen MR) is 59.2 cm³/mol. The van der Waals surface area contributed by atoms with Gasteiger partial charge in [-0.05, 0) is 17.7 Å². The number of rotatable bonds is 3. The number of hydrogen-bond acceptors (Lipinski definition) is 3. The van der Waals surface area contributed by atoms with Crippen molar-refractivity contribution in [3.05, 3.63) is 29.6 Å². The Kier molecular flexibility index (Phi) is 5.85. The third-order valence-corrected chi connectivity index (χ3v) is 2.24. The second-order valence-electron chi connectivity index (χ2n) is 3.41. The summed E-state index contributed by atoms with van der Waals surface area (Å²) in [5.41, 5.74) is 5.05. The van der Waals surface area contributed by atoms with E-state index in [0.717, 1.165) is 12.1 Å². The van der Waals surface area contributed by atoms with Gasteiger partial charge in [-0.15, -0.1) is 12.4 Å². The summed E-state index contributed by atoms with van der Waals surface area (Å²) in [5, 5.41) is 8.92. The molecule has 8 heteroatoms. The molecule has 0 unspecified atom stereocenters. The predicted octanol–water partition coefficient (Wildman–Crippen LogP) is 2.18. The zero-order chi connectivity index (χ0) is 13.2. The molecule has 0 aliphatic rings. The molecule has 2 atom stereocenters. The number of aliphatic hydroxyl groups excluding tert-OH is 1. The second-order valence-corrected chi connectivity index (χ2v) is 3.41. The van der Waals surface area contributed by atoms with Gasteiger partial charge in [0.15, 0.2) is 17.7 Å². The topological polar surface area (TPSA) is 55.5 Å². The Morgan fingerprint density at radius 1 is 1.33 bits per heavy atom. The molecule has 0 saturated carbocycles. The molecule has 1 aromatic rings. The monoisotopic (exact) mass is 289 g/mol. The van der Waals surface area contributed by atoms with Crippen LogP contribution in [0.4, 0.5) is 17.6 Å². The fourth-order valence-electron chi connectivity index (χ4n) is 1.28. The number of aliphatic hydroxyl groups is 1. The Balaban J connectivity index is 0.00000289. The fourth-order valence-corrected chi connectivity index (χ4v) is 1.28. The zero-order valence-corrected chi connectivity index (χ0v) is 10.1. The lowest BCUT2D eigenvalue weighted by Crippen LogP contribution is -2.38. The van der Waals surface area contributed by atoms with E-state index in [9.17, 15) is 17.6 Å². The molecule has 0 spiro atoms. The molecule has 0 aliphatic heterocycles. The number of hydrogen-bond donors (Lipinski definition) is 2. The van der Waals surface area contributed by atoms with Crippen LogP contribution in [0.5, 0.6) is 5.75 Å². The van der Waals surface area contributed by atoms with Gasteiger partial charge in [-0.3, -0.25) is 0 Å². The van der Waals surface area contributed by atoms with Crippen molar-refractivity contribution in [2.24, 2.45) is 5.73 Å². The highest BCUT2D eigenvalue weighted by Gasteiger charge is 2.42. The van der Waals surface area contributed by atoms with E-state index in [1.165, 1.54) is 13.2 Å². The summed E-state index contributed by atoms with van der Waals surface area (Å²) in [7, 11) is 1.22. The zero-order valence-electron chi connectivity index (χ0n) is 9.24. The van der Waals surface area contributed by atoms with Gasteiger partial charge in [0, 0.05) is 0 Å². The van der Waals surface area contributed by atoms with E-state index in [4.69, 9.17) is 10.8 Å². The maximum absolute atomic E-state index is 13.2. The van der Waals surface area contributed by atoms with Gasteiger partial charge in [0.25, 0.3) is 0 Å². The van der Waals surface area contributed by atoms with Gasteiger partial charge >= 0.3 is 6.18 Å². The first-order valence-corrected chi connectivity index (χ1v) is 4.61. The minimum Gasteiger partial charge on any atom is -0.494 e. The lowest BCUT2D eigenvalue weighted by atomic mass is 10.0. The quantitative estimate of drug-likeness (QED) is 0.839. The van der Waals surface area contributed by atoms with Crippen LogP contribution in [0.2, 0.25) is 0 Å². The molecule has 0 radical (unpaired) electrons. The second kappa shape index (κ2) is 6.21. The first-order chi connectivity index (χ1) is 7.77. The van der Waals surface area contributed by atoms with Crippen molar-refractivity contribution < 1.29 is 27.4 Å². The fraction of sp³-hybridized carbons (Fsp3) is 0.400. The summed E-state index contributed by atoms with van der Waals surface area (Å²) in [5.74, 6) is -0.947. The van der Waals surface area contributed by atoms with Gasteiger partial charge in [-0.25, -0.2) is 4.39 Å². The number of alkyl halides is 3. The van der Waals surface area contributed by atoms with Crippen LogP contribution in [0, 0.1) is 5.82 Å². The van der Waals surface area contributed by atoms with Gasteiger partial charge in [0.05, 0.1) is 13.2 Å². The molecule has 3 nitrogen and oxygen atoms in total. The standard InChI is InChI=1S/C10H11F4NO2.ClH/c1-17-7-3-2-5(4-6(7)11)8(15)9(16)10(12,13)14;/h2-4,8-9,16H,15H2,1H3;1H/t8-,9-;/m1./s1. The molecular weight excluding hydrogens is 278 g/mol. The largest absolute Gasteiger partial charge is 0.494 e. The van der Waals surface area contributed by atoms with Crippen molar-refractivity contribution in [3.63, 3.8) is 0 Å². The van der Waals surface area contributed by atoms with E-state index in [1.807, 2.05) is 0 Å². The molecule has 3 N–H and O–H groups in total. The molecule has 0 heterocycles. The first-order valence-electron chi connectivity index (χ1n) is 4.61. The number of methoxy groups -OCH3 is 1. The summed E-state index contributed by atoms with van der Waals surface area (Å²) < 4.78 is 54.4. The van der Waals surface area contributed by atoms with Crippen molar-refractivity contribution in [2.75, 3.05) is 7.11 Å². The van der Waals surface area contributed by atoms with Gasteiger partial charge < -0.3 is 15.6 Å². The molecular formula is C10H12ClF4NO2. The lowest BCUT2D eigenvalue weighted by Gasteiger charge is -2.21. The summed E-state index contributed by atoms with van der Waals surface area (Å²) in [6.07, 6.45) is -7.59. The molecule has 0 amide bonds. The molecule has 1 aromatic carbocycles. The minimum atomic E-state index is -4.85. The van der Waals surface area contributed by atoms with Crippen LogP contribution in [0.3, 0.4) is 0 Å². The van der Waals surface area contributed by atoms with Crippen molar-refractivity contribution >= 4 is 12.4 Å². The Morgan fingerprint density at radius 3 is 2.28 bits per heavy atom. The highest BCUT2D eigenvalue weighted by Crippen LogP contribution is 2.30. The van der Waals surface area contributed by atoms with Crippen LogP contribution in [0.15, 0.2) is 18.2 Å². The first kappa shape index (κ1) is 16.9. The van der Waals surface area contributed by atoms with Crippen LogP contribution < -0.4 is 10.5 Å². The average molecular weight is 290 g/mol. The van der Waals surface area contributed by atoms with Crippen molar-refractivity contribution in [1.29, 1.82) is 0 Å². The van der Waals surface area contributed by atoms with Crippen molar-refractivity contribution in [2.45, 2.75) is 18.3 Å². The lowest BCUT2D eigenvalue weighted by molar-refractivity contribution is -0.210. The molecule has 0 fully saturated rings. The molecule has 0 saturated heterocycles. The summed E-state index contributed by atoms with van der Waals surface area (Å²) in [4.78, 5) is 0. The molecule has 0 bridgehead atoms.